The van der Waals surface area contributed by atoms with Gasteiger partial charge >= 0.3 is 0 Å². The third kappa shape index (κ3) is 3.60. The van der Waals surface area contributed by atoms with Crippen molar-refractivity contribution in [3.05, 3.63) is 65.2 Å². The first kappa shape index (κ1) is 16.4. The van der Waals surface area contributed by atoms with E-state index in [0.29, 0.717) is 23.7 Å². The van der Waals surface area contributed by atoms with Crippen LogP contribution in [0.15, 0.2) is 48.5 Å². The maximum atomic E-state index is 12.2. The number of nitrogens with two attached hydrogens (primary N) is 1. The van der Waals surface area contributed by atoms with Crippen LogP contribution in [0.3, 0.4) is 0 Å². The molecule has 3 rings (SSSR count). The van der Waals surface area contributed by atoms with E-state index >= 15 is 0 Å². The number of hydrogen-bond donors (Lipinski definition) is 2. The molecule has 1 amide bonds. The van der Waals surface area contributed by atoms with Gasteiger partial charge < -0.3 is 11.1 Å². The van der Waals surface area contributed by atoms with Gasteiger partial charge in [-0.1, -0.05) is 30.3 Å². The maximum Gasteiger partial charge on any atom is 0.251 e. The molecule has 3 nitrogen and oxygen atoms in total. The minimum absolute atomic E-state index is 0. The molecule has 1 atom stereocenters. The summed E-state index contributed by atoms with van der Waals surface area (Å²) in [5.41, 5.74) is 9.77. The minimum atomic E-state index is -0.0506. The zero-order chi connectivity index (χ0) is 14.7. The highest BCUT2D eigenvalue weighted by atomic mass is 35.5. The number of carbonyl (C=O) groups is 1. The normalized spacial score (nSPS) is 16.3. The van der Waals surface area contributed by atoms with Gasteiger partial charge in [-0.15, -0.1) is 12.4 Å². The molecule has 2 aromatic carbocycles. The van der Waals surface area contributed by atoms with Gasteiger partial charge in [0.25, 0.3) is 5.91 Å². The standard InChI is InChI=1S/C18H20N2O.ClH/c19-16-9-4-7-14(11-16)18(21)20-12-15-8-3-6-13-5-1-2-10-17(13)15;/h1-2,4-5,7,9-11,15H,3,6,8,12,19H2,(H,20,21);1H. The summed E-state index contributed by atoms with van der Waals surface area (Å²) in [5.74, 6) is 0.366. The second-order valence-electron chi connectivity index (χ2n) is 5.62. The highest BCUT2D eigenvalue weighted by molar-refractivity contribution is 5.95. The molecule has 0 bridgehead atoms. The number of amides is 1. The van der Waals surface area contributed by atoms with Gasteiger partial charge in [-0.25, -0.2) is 0 Å². The van der Waals surface area contributed by atoms with E-state index < -0.39 is 0 Å². The number of benzene rings is 2. The smallest absolute Gasteiger partial charge is 0.251 e. The Hall–Kier alpha value is -2.00. The maximum absolute atomic E-state index is 12.2. The minimum Gasteiger partial charge on any atom is -0.399 e. The summed E-state index contributed by atoms with van der Waals surface area (Å²) in [4.78, 5) is 12.2. The van der Waals surface area contributed by atoms with Crippen molar-refractivity contribution in [2.45, 2.75) is 25.2 Å². The number of carbonyl (C=O) groups excluding carboxylic acids is 1. The molecule has 0 heterocycles. The summed E-state index contributed by atoms with van der Waals surface area (Å²) in [6.07, 6.45) is 3.47. The fourth-order valence-electron chi connectivity index (χ4n) is 3.06. The molecule has 0 aliphatic heterocycles. The number of halogens is 1. The number of rotatable bonds is 3. The van der Waals surface area contributed by atoms with Crippen LogP contribution in [-0.2, 0) is 6.42 Å². The molecule has 1 unspecified atom stereocenters. The van der Waals surface area contributed by atoms with Crippen molar-refractivity contribution in [2.75, 3.05) is 12.3 Å². The predicted octanol–water partition coefficient (Wildman–Crippen LogP) is 3.54. The largest absolute Gasteiger partial charge is 0.399 e. The quantitative estimate of drug-likeness (QED) is 0.851. The summed E-state index contributed by atoms with van der Waals surface area (Å²) in [6.45, 7) is 0.685. The van der Waals surface area contributed by atoms with E-state index in [2.05, 4.69) is 29.6 Å². The van der Waals surface area contributed by atoms with Crippen molar-refractivity contribution in [1.29, 1.82) is 0 Å². The Balaban J connectivity index is 0.00000176. The van der Waals surface area contributed by atoms with Crippen LogP contribution < -0.4 is 11.1 Å². The van der Waals surface area contributed by atoms with Crippen LogP contribution in [0.2, 0.25) is 0 Å². The molecule has 4 heteroatoms. The number of fused-ring (bicyclic) bond motifs is 1. The van der Waals surface area contributed by atoms with Gasteiger partial charge in [0, 0.05) is 23.7 Å². The van der Waals surface area contributed by atoms with Gasteiger partial charge in [-0.2, -0.15) is 0 Å². The van der Waals surface area contributed by atoms with Crippen LogP contribution in [0.1, 0.15) is 40.2 Å². The van der Waals surface area contributed by atoms with Gasteiger partial charge in [0.1, 0.15) is 0 Å². The Labute approximate surface area is 137 Å². The molecule has 2 aromatic rings. The van der Waals surface area contributed by atoms with Gasteiger partial charge in [0.05, 0.1) is 0 Å². The van der Waals surface area contributed by atoms with E-state index in [1.165, 1.54) is 17.5 Å². The molecule has 1 aliphatic rings. The fourth-order valence-corrected chi connectivity index (χ4v) is 3.06. The summed E-state index contributed by atoms with van der Waals surface area (Å²) in [7, 11) is 0. The van der Waals surface area contributed by atoms with E-state index in [0.717, 1.165) is 12.8 Å². The average molecular weight is 317 g/mol. The second-order valence-corrected chi connectivity index (χ2v) is 5.62. The number of nitrogens with one attached hydrogen (secondary N) is 1. The van der Waals surface area contributed by atoms with Gasteiger partial charge in [-0.05, 0) is 48.6 Å². The third-order valence-electron chi connectivity index (χ3n) is 4.15. The lowest BCUT2D eigenvalue weighted by Gasteiger charge is -2.25. The van der Waals surface area contributed by atoms with Gasteiger partial charge in [-0.3, -0.25) is 4.79 Å². The summed E-state index contributed by atoms with van der Waals surface area (Å²) in [5, 5.41) is 3.04. The Morgan fingerprint density at radius 1 is 1.18 bits per heavy atom. The molecule has 0 saturated heterocycles. The molecular formula is C18H21ClN2O. The lowest BCUT2D eigenvalue weighted by molar-refractivity contribution is 0.0950. The fraction of sp³-hybridized carbons (Fsp3) is 0.278. The van der Waals surface area contributed by atoms with E-state index in [1.54, 1.807) is 24.3 Å². The van der Waals surface area contributed by atoms with E-state index in [-0.39, 0.29) is 18.3 Å². The van der Waals surface area contributed by atoms with E-state index in [4.69, 9.17) is 5.73 Å². The van der Waals surface area contributed by atoms with Crippen LogP contribution in [0.25, 0.3) is 0 Å². The first-order valence-corrected chi connectivity index (χ1v) is 7.45. The molecule has 0 radical (unpaired) electrons. The van der Waals surface area contributed by atoms with Gasteiger partial charge in [0.2, 0.25) is 0 Å². The zero-order valence-electron chi connectivity index (χ0n) is 12.4. The molecule has 0 fully saturated rings. The van der Waals surface area contributed by atoms with Crippen molar-refractivity contribution in [3.8, 4) is 0 Å². The van der Waals surface area contributed by atoms with Crippen molar-refractivity contribution < 1.29 is 4.79 Å². The van der Waals surface area contributed by atoms with Crippen LogP contribution in [0.4, 0.5) is 5.69 Å². The lowest BCUT2D eigenvalue weighted by atomic mass is 9.83. The van der Waals surface area contributed by atoms with Crippen LogP contribution in [0, 0.1) is 0 Å². The first-order chi connectivity index (χ1) is 10.2. The molecule has 0 saturated carbocycles. The van der Waals surface area contributed by atoms with Crippen molar-refractivity contribution in [2.24, 2.45) is 0 Å². The summed E-state index contributed by atoms with van der Waals surface area (Å²) >= 11 is 0. The van der Waals surface area contributed by atoms with Crippen LogP contribution in [-0.4, -0.2) is 12.5 Å². The van der Waals surface area contributed by atoms with E-state index in [1.807, 2.05) is 0 Å². The Bertz CT molecular complexity index is 657. The number of hydrogen-bond acceptors (Lipinski definition) is 2. The molecule has 0 spiro atoms. The molecule has 1 aliphatic carbocycles. The predicted molar refractivity (Wildman–Crippen MR) is 92.6 cm³/mol. The average Bonchev–Trinajstić information content (AvgIpc) is 2.52. The molecular weight excluding hydrogens is 296 g/mol. The van der Waals surface area contributed by atoms with Crippen LogP contribution in [0.5, 0.6) is 0 Å². The molecule has 116 valence electrons. The van der Waals surface area contributed by atoms with Gasteiger partial charge in [0.15, 0.2) is 0 Å². The second kappa shape index (κ2) is 7.32. The Morgan fingerprint density at radius 3 is 2.82 bits per heavy atom. The van der Waals surface area contributed by atoms with Crippen molar-refractivity contribution in [1.82, 2.24) is 5.32 Å². The monoisotopic (exact) mass is 316 g/mol. The topological polar surface area (TPSA) is 55.1 Å². The highest BCUT2D eigenvalue weighted by Crippen LogP contribution is 2.30. The summed E-state index contributed by atoms with van der Waals surface area (Å²) in [6, 6.07) is 15.6. The molecule has 3 N–H and O–H groups in total. The Kier molecular flexibility index (Phi) is 5.45. The molecule has 22 heavy (non-hydrogen) atoms. The highest BCUT2D eigenvalue weighted by Gasteiger charge is 2.20. The first-order valence-electron chi connectivity index (χ1n) is 7.45. The van der Waals surface area contributed by atoms with E-state index in [9.17, 15) is 4.79 Å². The van der Waals surface area contributed by atoms with Crippen molar-refractivity contribution >= 4 is 24.0 Å². The SMILES string of the molecule is Cl.Nc1cccc(C(=O)NCC2CCCc3ccccc32)c1. The molecule has 0 aromatic heterocycles. The lowest BCUT2D eigenvalue weighted by Crippen LogP contribution is -2.30. The number of nitrogen functional groups attached to an aromatic ring is 1. The third-order valence-corrected chi connectivity index (χ3v) is 4.15. The number of anilines is 1. The summed E-state index contributed by atoms with van der Waals surface area (Å²) < 4.78 is 0. The number of aryl methyl sites for hydroxylation is 1. The Morgan fingerprint density at radius 2 is 2.00 bits per heavy atom. The van der Waals surface area contributed by atoms with Crippen LogP contribution >= 0.6 is 12.4 Å². The van der Waals surface area contributed by atoms with Crippen molar-refractivity contribution in [3.63, 3.8) is 0 Å². The zero-order valence-corrected chi connectivity index (χ0v) is 13.2.